The second-order valence-electron chi connectivity index (χ2n) is 5.83. The molecule has 2 rings (SSSR count). The minimum absolute atomic E-state index is 0.00293. The van der Waals surface area contributed by atoms with E-state index in [9.17, 15) is 19.9 Å². The van der Waals surface area contributed by atoms with Gasteiger partial charge in [0.05, 0.1) is 23.2 Å². The van der Waals surface area contributed by atoms with Gasteiger partial charge < -0.3 is 14.4 Å². The topological polar surface area (TPSA) is 114 Å². The minimum Gasteiger partial charge on any atom is -0.349 e. The third-order valence-electron chi connectivity index (χ3n) is 3.75. The zero-order chi connectivity index (χ0) is 22.0. The van der Waals surface area contributed by atoms with Gasteiger partial charge in [-0.25, -0.2) is 0 Å². The molecule has 1 N–H and O–H groups in total. The number of non-ortho nitro benzene ring substituents is 1. The number of nitriles is 1. The van der Waals surface area contributed by atoms with Crippen LogP contribution in [-0.2, 0) is 19.4 Å². The molecule has 158 valence electrons. The van der Waals surface area contributed by atoms with E-state index in [4.69, 9.17) is 9.05 Å². The van der Waals surface area contributed by atoms with Crippen LogP contribution in [0.5, 0.6) is 0 Å². The molecule has 30 heavy (non-hydrogen) atoms. The van der Waals surface area contributed by atoms with E-state index in [1.165, 1.54) is 23.9 Å². The van der Waals surface area contributed by atoms with Crippen LogP contribution in [0, 0.1) is 21.4 Å². The highest BCUT2D eigenvalue weighted by Crippen LogP contribution is 2.58. The minimum atomic E-state index is -3.82. The Labute approximate surface area is 179 Å². The summed E-state index contributed by atoms with van der Waals surface area (Å²) in [6, 6.07) is 17.2. The van der Waals surface area contributed by atoms with Gasteiger partial charge in [0.1, 0.15) is 6.07 Å². The van der Waals surface area contributed by atoms with Crippen LogP contribution in [0.2, 0.25) is 0 Å². The van der Waals surface area contributed by atoms with Crippen molar-refractivity contribution in [1.82, 2.24) is 0 Å². The summed E-state index contributed by atoms with van der Waals surface area (Å²) in [6.45, 7) is 3.59. The molecule has 0 saturated heterocycles. The molecule has 0 heterocycles. The van der Waals surface area contributed by atoms with Crippen LogP contribution < -0.4 is 5.32 Å². The Morgan fingerprint density at radius 1 is 1.13 bits per heavy atom. The van der Waals surface area contributed by atoms with Gasteiger partial charge >= 0.3 is 7.60 Å². The maximum atomic E-state index is 13.3. The second-order valence-corrected chi connectivity index (χ2v) is 8.77. The lowest BCUT2D eigenvalue weighted by atomic mass is 10.2. The van der Waals surface area contributed by atoms with E-state index >= 15 is 0 Å². The number of rotatable bonds is 11. The number of hydrogen-bond donors (Lipinski definition) is 1. The number of hydrogen-bond acceptors (Lipinski definition) is 8. The van der Waals surface area contributed by atoms with Crippen LogP contribution in [-0.4, -0.2) is 18.1 Å². The molecule has 2 aromatic carbocycles. The number of nitrogens with zero attached hydrogens (tertiary/aromatic N) is 2. The standard InChI is InChI=1S/C20H22N3O5PS/c1-3-27-29(26,28-4-2)19(14-21)20(22-17-8-6-5-7-9-17)30-15-16-10-12-18(13-11-16)23(24)25/h5-13,22H,3-4,15H2,1-2H3. The van der Waals surface area contributed by atoms with Crippen LogP contribution >= 0.6 is 19.4 Å². The fourth-order valence-electron chi connectivity index (χ4n) is 2.43. The SMILES string of the molecule is CCOP(=O)(OCC)C(C#N)=C(Nc1ccccc1)SCc1ccc([N+](=O)[O-])cc1. The van der Waals surface area contributed by atoms with Gasteiger partial charge in [-0.1, -0.05) is 30.3 Å². The number of nitro benzene ring substituents is 1. The molecule has 0 bridgehead atoms. The molecular formula is C20H22N3O5PS. The lowest BCUT2D eigenvalue weighted by Gasteiger charge is -2.20. The number of nitro groups is 1. The summed E-state index contributed by atoms with van der Waals surface area (Å²) in [5, 5.41) is 24.0. The predicted octanol–water partition coefficient (Wildman–Crippen LogP) is 5.90. The van der Waals surface area contributed by atoms with Crippen molar-refractivity contribution in [2.75, 3.05) is 18.5 Å². The van der Waals surface area contributed by atoms with E-state index in [-0.39, 0.29) is 24.2 Å². The monoisotopic (exact) mass is 447 g/mol. The quantitative estimate of drug-likeness (QED) is 0.196. The first kappa shape index (κ1) is 23.6. The highest BCUT2D eigenvalue weighted by molar-refractivity contribution is 8.02. The summed E-state index contributed by atoms with van der Waals surface area (Å²) in [4.78, 5) is 10.4. The van der Waals surface area contributed by atoms with Crippen molar-refractivity contribution in [3.63, 3.8) is 0 Å². The third-order valence-corrected chi connectivity index (χ3v) is 7.05. The number of benzene rings is 2. The molecule has 0 spiro atoms. The van der Waals surface area contributed by atoms with E-state index in [0.29, 0.717) is 16.5 Å². The van der Waals surface area contributed by atoms with Crippen molar-refractivity contribution < 1.29 is 18.5 Å². The lowest BCUT2D eigenvalue weighted by molar-refractivity contribution is -0.384. The molecule has 0 saturated carbocycles. The largest absolute Gasteiger partial charge is 0.374 e. The predicted molar refractivity (Wildman–Crippen MR) is 118 cm³/mol. The van der Waals surface area contributed by atoms with Crippen molar-refractivity contribution in [1.29, 1.82) is 5.26 Å². The van der Waals surface area contributed by atoms with Gasteiger partial charge in [-0.05, 0) is 31.5 Å². The third kappa shape index (κ3) is 6.44. The van der Waals surface area contributed by atoms with Gasteiger partial charge in [0.25, 0.3) is 5.69 Å². The van der Waals surface area contributed by atoms with Crippen LogP contribution in [0.1, 0.15) is 19.4 Å². The van der Waals surface area contributed by atoms with Crippen molar-refractivity contribution in [3.8, 4) is 6.07 Å². The average Bonchev–Trinajstić information content (AvgIpc) is 2.73. The summed E-state index contributed by atoms with van der Waals surface area (Å²) in [5.41, 5.74) is 1.51. The van der Waals surface area contributed by atoms with Crippen LogP contribution in [0.4, 0.5) is 11.4 Å². The molecule has 10 heteroatoms. The number of allylic oxidation sites excluding steroid dienone is 1. The van der Waals surface area contributed by atoms with E-state index in [1.807, 2.05) is 36.4 Å². The first-order valence-electron chi connectivity index (χ1n) is 9.15. The second kappa shape index (κ2) is 11.5. The number of anilines is 1. The summed E-state index contributed by atoms with van der Waals surface area (Å²) >= 11 is 1.24. The van der Waals surface area contributed by atoms with E-state index in [2.05, 4.69) is 5.32 Å². The Bertz CT molecular complexity index is 964. The summed E-state index contributed by atoms with van der Waals surface area (Å²) < 4.78 is 24.0. The number of para-hydroxylation sites is 1. The van der Waals surface area contributed by atoms with Crippen molar-refractivity contribution in [2.24, 2.45) is 0 Å². The fourth-order valence-corrected chi connectivity index (χ4v) is 5.27. The Morgan fingerprint density at radius 2 is 1.73 bits per heavy atom. The summed E-state index contributed by atoms with van der Waals surface area (Å²) in [7, 11) is -3.82. The molecule has 8 nitrogen and oxygen atoms in total. The molecule has 0 aliphatic carbocycles. The molecule has 0 radical (unpaired) electrons. The van der Waals surface area contributed by atoms with Gasteiger partial charge in [0, 0.05) is 23.6 Å². The highest BCUT2D eigenvalue weighted by atomic mass is 32.2. The zero-order valence-electron chi connectivity index (χ0n) is 16.6. The first-order chi connectivity index (χ1) is 14.4. The molecule has 0 atom stereocenters. The van der Waals surface area contributed by atoms with Crippen molar-refractivity contribution in [2.45, 2.75) is 19.6 Å². The van der Waals surface area contributed by atoms with Gasteiger partial charge in [-0.2, -0.15) is 5.26 Å². The molecule has 0 fully saturated rings. The Morgan fingerprint density at radius 3 is 2.23 bits per heavy atom. The maximum absolute atomic E-state index is 13.3. The number of thioether (sulfide) groups is 1. The van der Waals surface area contributed by atoms with Gasteiger partial charge in [0.15, 0.2) is 5.31 Å². The molecule has 0 unspecified atom stereocenters. The van der Waals surface area contributed by atoms with Gasteiger partial charge in [0.2, 0.25) is 0 Å². The average molecular weight is 447 g/mol. The van der Waals surface area contributed by atoms with Gasteiger partial charge in [-0.15, -0.1) is 11.8 Å². The lowest BCUT2D eigenvalue weighted by Crippen LogP contribution is -2.05. The summed E-state index contributed by atoms with van der Waals surface area (Å²) in [6.07, 6.45) is 0. The highest BCUT2D eigenvalue weighted by Gasteiger charge is 2.33. The molecular weight excluding hydrogens is 425 g/mol. The Kier molecular flexibility index (Phi) is 9.09. The smallest absolute Gasteiger partial charge is 0.349 e. The molecule has 0 aliphatic rings. The van der Waals surface area contributed by atoms with Crippen molar-refractivity contribution in [3.05, 3.63) is 80.6 Å². The van der Waals surface area contributed by atoms with E-state index in [1.54, 1.807) is 26.0 Å². The zero-order valence-corrected chi connectivity index (χ0v) is 18.3. The molecule has 0 amide bonds. The van der Waals surface area contributed by atoms with Crippen LogP contribution in [0.15, 0.2) is 64.9 Å². The maximum Gasteiger partial charge on any atom is 0.374 e. The van der Waals surface area contributed by atoms with Crippen LogP contribution in [0.3, 0.4) is 0 Å². The number of nitrogens with one attached hydrogen (secondary N) is 1. The van der Waals surface area contributed by atoms with E-state index in [0.717, 1.165) is 5.56 Å². The van der Waals surface area contributed by atoms with E-state index < -0.39 is 12.5 Å². The molecule has 2 aromatic rings. The fraction of sp³-hybridized carbons (Fsp3) is 0.250. The van der Waals surface area contributed by atoms with Crippen LogP contribution in [0.25, 0.3) is 0 Å². The van der Waals surface area contributed by atoms with Gasteiger partial charge in [-0.3, -0.25) is 14.7 Å². The Hall–Kier alpha value is -2.63. The van der Waals surface area contributed by atoms with Crippen molar-refractivity contribution >= 4 is 30.7 Å². The normalized spacial score (nSPS) is 12.0. The first-order valence-corrected chi connectivity index (χ1v) is 11.7. The molecule has 0 aliphatic heterocycles. The Balaban J connectivity index is 2.39. The summed E-state index contributed by atoms with van der Waals surface area (Å²) in [5.74, 6) is 0.386. The molecule has 0 aromatic heterocycles.